The summed E-state index contributed by atoms with van der Waals surface area (Å²) >= 11 is 0. The van der Waals surface area contributed by atoms with Crippen LogP contribution in [0.25, 0.3) is 0 Å². The SMILES string of the molecule is C#CC(CC)Nc1nc(C)cc(C(C)C)n1. The first kappa shape index (κ1) is 12.5. The van der Waals surface area contributed by atoms with Crippen LogP contribution in [-0.2, 0) is 0 Å². The lowest BCUT2D eigenvalue weighted by molar-refractivity contribution is 0.792. The number of aromatic nitrogens is 2. The Morgan fingerprint density at radius 3 is 2.62 bits per heavy atom. The van der Waals surface area contributed by atoms with Gasteiger partial charge in [0.15, 0.2) is 0 Å². The molecule has 0 bridgehead atoms. The van der Waals surface area contributed by atoms with Gasteiger partial charge in [-0.1, -0.05) is 26.7 Å². The molecule has 0 aromatic carbocycles. The minimum Gasteiger partial charge on any atom is -0.341 e. The van der Waals surface area contributed by atoms with Crippen molar-refractivity contribution >= 4 is 5.95 Å². The molecule has 0 fully saturated rings. The fraction of sp³-hybridized carbons (Fsp3) is 0.538. The standard InChI is InChI=1S/C13H19N3/c1-6-11(7-2)15-13-14-10(5)8-12(16-13)9(3)4/h1,8-9,11H,7H2,2-5H3,(H,14,15,16). The van der Waals surface area contributed by atoms with Crippen LogP contribution in [0.5, 0.6) is 0 Å². The van der Waals surface area contributed by atoms with Crippen molar-refractivity contribution in [3.05, 3.63) is 17.5 Å². The van der Waals surface area contributed by atoms with Crippen LogP contribution in [0.3, 0.4) is 0 Å². The van der Waals surface area contributed by atoms with Crippen molar-refractivity contribution in [2.75, 3.05) is 5.32 Å². The van der Waals surface area contributed by atoms with Gasteiger partial charge < -0.3 is 5.32 Å². The van der Waals surface area contributed by atoms with E-state index in [0.717, 1.165) is 17.8 Å². The molecule has 0 amide bonds. The Balaban J connectivity index is 2.93. The molecule has 3 nitrogen and oxygen atoms in total. The summed E-state index contributed by atoms with van der Waals surface area (Å²) in [5, 5.41) is 3.16. The Kier molecular flexibility index (Phi) is 4.30. The molecule has 0 saturated carbocycles. The first-order chi connectivity index (χ1) is 7.56. The van der Waals surface area contributed by atoms with Gasteiger partial charge in [-0.3, -0.25) is 0 Å². The molecule has 1 atom stereocenters. The maximum atomic E-state index is 5.40. The monoisotopic (exact) mass is 217 g/mol. The lowest BCUT2D eigenvalue weighted by atomic mass is 10.1. The molecule has 1 aromatic heterocycles. The van der Waals surface area contributed by atoms with Gasteiger partial charge in [-0.2, -0.15) is 0 Å². The summed E-state index contributed by atoms with van der Waals surface area (Å²) in [5.74, 6) is 3.71. The highest BCUT2D eigenvalue weighted by Gasteiger charge is 2.08. The zero-order valence-corrected chi connectivity index (χ0v) is 10.4. The minimum atomic E-state index is 0.00168. The molecule has 1 N–H and O–H groups in total. The molecule has 1 unspecified atom stereocenters. The fourth-order valence-corrected chi connectivity index (χ4v) is 1.37. The van der Waals surface area contributed by atoms with E-state index < -0.39 is 0 Å². The first-order valence-corrected chi connectivity index (χ1v) is 5.65. The number of nitrogens with one attached hydrogen (secondary N) is 1. The van der Waals surface area contributed by atoms with Crippen LogP contribution in [0, 0.1) is 19.3 Å². The molecule has 0 aliphatic heterocycles. The number of aryl methyl sites for hydroxylation is 1. The smallest absolute Gasteiger partial charge is 0.224 e. The zero-order valence-electron chi connectivity index (χ0n) is 10.4. The van der Waals surface area contributed by atoms with Gasteiger partial charge in [0, 0.05) is 11.4 Å². The summed E-state index contributed by atoms with van der Waals surface area (Å²) in [5.41, 5.74) is 2.01. The van der Waals surface area contributed by atoms with Gasteiger partial charge in [-0.25, -0.2) is 9.97 Å². The topological polar surface area (TPSA) is 37.8 Å². The molecular weight excluding hydrogens is 198 g/mol. The van der Waals surface area contributed by atoms with Crippen molar-refractivity contribution in [3.63, 3.8) is 0 Å². The van der Waals surface area contributed by atoms with Crippen LogP contribution in [0.15, 0.2) is 6.07 Å². The van der Waals surface area contributed by atoms with Gasteiger partial charge in [0.2, 0.25) is 5.95 Å². The Morgan fingerprint density at radius 2 is 2.12 bits per heavy atom. The normalized spacial score (nSPS) is 12.2. The summed E-state index contributed by atoms with van der Waals surface area (Å²) in [6, 6.07) is 2.01. The van der Waals surface area contributed by atoms with Crippen LogP contribution < -0.4 is 5.32 Å². The predicted molar refractivity (Wildman–Crippen MR) is 67.4 cm³/mol. The highest BCUT2D eigenvalue weighted by molar-refractivity contribution is 5.33. The number of anilines is 1. The number of terminal acetylenes is 1. The Bertz CT molecular complexity index is 391. The van der Waals surface area contributed by atoms with Crippen molar-refractivity contribution in [2.45, 2.75) is 46.1 Å². The Labute approximate surface area is 97.7 Å². The first-order valence-electron chi connectivity index (χ1n) is 5.65. The maximum Gasteiger partial charge on any atom is 0.224 e. The molecule has 16 heavy (non-hydrogen) atoms. The van der Waals surface area contributed by atoms with E-state index in [1.165, 1.54) is 0 Å². The minimum absolute atomic E-state index is 0.00168. The third-order valence-corrected chi connectivity index (χ3v) is 2.38. The van der Waals surface area contributed by atoms with E-state index in [9.17, 15) is 0 Å². The number of rotatable bonds is 4. The molecule has 1 aromatic rings. The number of nitrogens with zero attached hydrogens (tertiary/aromatic N) is 2. The largest absolute Gasteiger partial charge is 0.341 e. The van der Waals surface area contributed by atoms with E-state index >= 15 is 0 Å². The van der Waals surface area contributed by atoms with Crippen molar-refractivity contribution < 1.29 is 0 Å². The summed E-state index contributed by atoms with van der Waals surface area (Å²) in [6.07, 6.45) is 6.26. The molecule has 1 rings (SSSR count). The molecule has 0 aliphatic carbocycles. The van der Waals surface area contributed by atoms with Crippen LogP contribution >= 0.6 is 0 Å². The zero-order chi connectivity index (χ0) is 12.1. The van der Waals surface area contributed by atoms with Gasteiger partial charge in [0.05, 0.1) is 6.04 Å². The highest BCUT2D eigenvalue weighted by atomic mass is 15.1. The quantitative estimate of drug-likeness (QED) is 0.788. The third-order valence-electron chi connectivity index (χ3n) is 2.38. The number of hydrogen-bond donors (Lipinski definition) is 1. The van der Waals surface area contributed by atoms with Gasteiger partial charge in [-0.15, -0.1) is 6.42 Å². The van der Waals surface area contributed by atoms with Crippen molar-refractivity contribution in [2.24, 2.45) is 0 Å². The fourth-order valence-electron chi connectivity index (χ4n) is 1.37. The van der Waals surface area contributed by atoms with Gasteiger partial charge in [0.25, 0.3) is 0 Å². The summed E-state index contributed by atoms with van der Waals surface area (Å²) in [6.45, 7) is 8.24. The molecule has 0 saturated heterocycles. The van der Waals surface area contributed by atoms with Crippen LogP contribution in [0.1, 0.15) is 44.5 Å². The van der Waals surface area contributed by atoms with Gasteiger partial charge in [-0.05, 0) is 25.3 Å². The predicted octanol–water partition coefficient (Wildman–Crippen LogP) is 2.73. The molecule has 0 radical (unpaired) electrons. The maximum absolute atomic E-state index is 5.40. The molecule has 0 aliphatic rings. The second kappa shape index (κ2) is 5.50. The lowest BCUT2D eigenvalue weighted by Crippen LogP contribution is -2.18. The van der Waals surface area contributed by atoms with Crippen molar-refractivity contribution in [3.8, 4) is 12.3 Å². The molecular formula is C13H19N3. The molecule has 3 heteroatoms. The second-order valence-corrected chi connectivity index (χ2v) is 4.18. The summed E-state index contributed by atoms with van der Waals surface area (Å²) in [7, 11) is 0. The van der Waals surface area contributed by atoms with E-state index in [4.69, 9.17) is 6.42 Å². The van der Waals surface area contributed by atoms with Crippen LogP contribution in [0.2, 0.25) is 0 Å². The van der Waals surface area contributed by atoms with Crippen molar-refractivity contribution in [1.29, 1.82) is 0 Å². The Morgan fingerprint density at radius 1 is 1.44 bits per heavy atom. The highest BCUT2D eigenvalue weighted by Crippen LogP contribution is 2.15. The molecule has 86 valence electrons. The van der Waals surface area contributed by atoms with E-state index in [0.29, 0.717) is 11.9 Å². The van der Waals surface area contributed by atoms with Gasteiger partial charge >= 0.3 is 0 Å². The Hall–Kier alpha value is -1.56. The third kappa shape index (κ3) is 3.23. The average Bonchev–Trinajstić information content (AvgIpc) is 2.25. The van der Waals surface area contributed by atoms with E-state index in [2.05, 4.69) is 35.1 Å². The summed E-state index contributed by atoms with van der Waals surface area (Å²) in [4.78, 5) is 8.79. The van der Waals surface area contributed by atoms with E-state index in [-0.39, 0.29) is 6.04 Å². The average molecular weight is 217 g/mol. The van der Waals surface area contributed by atoms with E-state index in [1.807, 2.05) is 19.9 Å². The lowest BCUT2D eigenvalue weighted by Gasteiger charge is -2.13. The molecule has 1 heterocycles. The van der Waals surface area contributed by atoms with Crippen molar-refractivity contribution in [1.82, 2.24) is 9.97 Å². The van der Waals surface area contributed by atoms with Crippen LogP contribution in [0.4, 0.5) is 5.95 Å². The summed E-state index contributed by atoms with van der Waals surface area (Å²) < 4.78 is 0. The van der Waals surface area contributed by atoms with Gasteiger partial charge in [0.1, 0.15) is 0 Å². The van der Waals surface area contributed by atoms with Crippen LogP contribution in [-0.4, -0.2) is 16.0 Å². The molecule has 0 spiro atoms. The number of hydrogen-bond acceptors (Lipinski definition) is 3. The van der Waals surface area contributed by atoms with E-state index in [1.54, 1.807) is 0 Å². The second-order valence-electron chi connectivity index (χ2n) is 4.18.